The van der Waals surface area contributed by atoms with E-state index in [-0.39, 0.29) is 41.4 Å². The number of amides is 1. The molecule has 10 aromatic rings. The first kappa shape index (κ1) is 103. The fourth-order valence-corrected chi connectivity index (χ4v) is 9.33. The van der Waals surface area contributed by atoms with Crippen LogP contribution in [-0.4, -0.2) is 126 Å². The Labute approximate surface area is 698 Å². The van der Waals surface area contributed by atoms with Gasteiger partial charge in [-0.1, -0.05) is 137 Å². The quantitative estimate of drug-likeness (QED) is 0.0135. The maximum Gasteiger partial charge on any atom is 0.425 e. The Morgan fingerprint density at radius 2 is 0.567 bits per heavy atom. The summed E-state index contributed by atoms with van der Waals surface area (Å²) in [5.41, 5.74) is 9.06. The predicted molar refractivity (Wildman–Crippen MR) is 442 cm³/mol. The molecule has 0 spiro atoms. The number of rotatable bonds is 28. The van der Waals surface area contributed by atoms with E-state index in [0.29, 0.717) is 70.4 Å². The van der Waals surface area contributed by atoms with Crippen LogP contribution in [0.5, 0.6) is 0 Å². The number of benzene rings is 10. The average molecular weight is 1760 g/mol. The van der Waals surface area contributed by atoms with Crippen molar-refractivity contribution in [2.45, 2.75) is 77.0 Å². The average Bonchev–Trinajstić information content (AvgIpc) is 0.857. The van der Waals surface area contributed by atoms with E-state index in [1.54, 1.807) is 115 Å². The van der Waals surface area contributed by atoms with Crippen LogP contribution in [-0.2, 0) is 72.1 Å². The number of azo groups is 5. The number of carbonyl (C=O) groups is 4. The monoisotopic (exact) mass is 1760 g/mol. The molecule has 3 N–H and O–H groups in total. The fraction of sp³-hybridized carbons (Fsp3) is 0.190. The molecule has 1 amide bonds. The van der Waals surface area contributed by atoms with Gasteiger partial charge < -0.3 is 14.8 Å². The van der Waals surface area contributed by atoms with Crippen LogP contribution in [0.2, 0.25) is 0 Å². The summed E-state index contributed by atoms with van der Waals surface area (Å²) in [6.45, 7) is 7.85. The molecule has 0 aliphatic heterocycles. The van der Waals surface area contributed by atoms with E-state index in [9.17, 15) is 36.0 Å². The number of hydrogen-bond acceptors (Lipinski definition) is 32. The Morgan fingerprint density at radius 1 is 0.317 bits per heavy atom. The van der Waals surface area contributed by atoms with Crippen molar-refractivity contribution in [3.63, 3.8) is 0 Å². The Bertz CT molecular complexity index is 5260. The number of ketones is 1. The molecule has 10 rings (SSSR count). The lowest BCUT2D eigenvalue weighted by Crippen LogP contribution is -2.24. The van der Waals surface area contributed by atoms with Crippen molar-refractivity contribution < 1.29 is 105 Å². The molecule has 0 aromatic heterocycles. The highest BCUT2D eigenvalue weighted by atomic mass is 32.2. The van der Waals surface area contributed by atoms with E-state index in [4.69, 9.17) is 69.1 Å². The van der Waals surface area contributed by atoms with E-state index < -0.39 is 68.4 Å². The van der Waals surface area contributed by atoms with Gasteiger partial charge in [0.25, 0.3) is 26.1 Å². The van der Waals surface area contributed by atoms with Gasteiger partial charge in [0, 0.05) is 24.1 Å². The molecule has 0 fully saturated rings. The SMILES string of the molecule is CCCCNC(=O)c1ccc(N=Nc2ccccc2)cc1.CCCCOC(=O)c1ccc(N=Nc2ccccc2)cc1.CCCCOC(=O)c1ccc(N=Nc2ccccc2)cc1.O=C(CCCS(=O)(=O)O)c1ccc(N=Nc2ccccc2)cc1.O=S(=O)(O)c1cccc(N=Nc2ccccc2)c1.O=S(=O)=O.O=S(=O)=O.O=S(=O)=O.O=S(=O)=O. The van der Waals surface area contributed by atoms with Gasteiger partial charge in [-0.25, -0.2) is 9.59 Å². The van der Waals surface area contributed by atoms with Gasteiger partial charge >= 0.3 is 54.4 Å². The van der Waals surface area contributed by atoms with E-state index in [2.05, 4.69) is 77.2 Å². The third-order valence-electron chi connectivity index (χ3n) is 13.9. The van der Waals surface area contributed by atoms with Crippen LogP contribution < -0.4 is 5.32 Å². The highest BCUT2D eigenvalue weighted by molar-refractivity contribution is 7.86. The molecular weight excluding hydrogens is 1680 g/mol. The van der Waals surface area contributed by atoms with Gasteiger partial charge in [-0.3, -0.25) is 18.7 Å². The molecule has 632 valence electrons. The molecule has 35 nitrogen and oxygen atoms in total. The highest BCUT2D eigenvalue weighted by Crippen LogP contribution is 2.25. The zero-order chi connectivity index (χ0) is 88.8. The number of carbonyl (C=O) groups excluding carboxylic acids is 4. The lowest BCUT2D eigenvalue weighted by Gasteiger charge is -2.04. The number of hydrogen-bond donors (Lipinski definition) is 3. The molecule has 10 aromatic carbocycles. The second-order valence-corrected chi connectivity index (χ2v) is 27.7. The molecule has 0 radical (unpaired) electrons. The van der Waals surface area contributed by atoms with E-state index >= 15 is 0 Å². The van der Waals surface area contributed by atoms with Crippen molar-refractivity contribution in [1.29, 1.82) is 0 Å². The second kappa shape index (κ2) is 61.0. The van der Waals surface area contributed by atoms with Gasteiger partial charge in [-0.2, -0.15) is 68.0 Å². The van der Waals surface area contributed by atoms with Crippen LogP contribution in [0.25, 0.3) is 0 Å². The Hall–Kier alpha value is -13.4. The van der Waals surface area contributed by atoms with E-state index in [1.807, 2.05) is 140 Å². The van der Waals surface area contributed by atoms with Gasteiger partial charge in [0.15, 0.2) is 5.78 Å². The summed E-state index contributed by atoms with van der Waals surface area (Å²) in [4.78, 5) is 47.0. The summed E-state index contributed by atoms with van der Waals surface area (Å²) >= 11 is 0. The first-order chi connectivity index (χ1) is 57.3. The van der Waals surface area contributed by atoms with Crippen molar-refractivity contribution >= 4 is 143 Å². The van der Waals surface area contributed by atoms with Crippen LogP contribution in [0, 0.1) is 0 Å². The van der Waals surface area contributed by atoms with Gasteiger partial charge in [-0.05, 0) is 202 Å². The normalized spacial score (nSPS) is 10.4. The number of Topliss-reactive ketones (excluding diaryl/α,β-unsaturated/α-hetero) is 1. The van der Waals surface area contributed by atoms with Gasteiger partial charge in [0.2, 0.25) is 0 Å². The van der Waals surface area contributed by atoms with Crippen molar-refractivity contribution in [2.24, 2.45) is 51.1 Å². The molecule has 0 heterocycles. The molecule has 0 saturated carbocycles. The maximum atomic E-state index is 11.9. The van der Waals surface area contributed by atoms with Gasteiger partial charge in [0.05, 0.1) is 91.9 Å². The molecule has 0 aliphatic rings. The van der Waals surface area contributed by atoms with Gasteiger partial charge in [0.1, 0.15) is 0 Å². The van der Waals surface area contributed by atoms with E-state index in [0.717, 1.165) is 67.0 Å². The number of nitrogens with zero attached hydrogens (tertiary/aromatic N) is 10. The summed E-state index contributed by atoms with van der Waals surface area (Å²) in [7, 11) is -20.7. The Morgan fingerprint density at radius 3 is 0.833 bits per heavy atom. The van der Waals surface area contributed by atoms with Crippen LogP contribution >= 0.6 is 0 Å². The molecule has 0 saturated heterocycles. The summed E-state index contributed by atoms with van der Waals surface area (Å²) < 4.78 is 172. The summed E-state index contributed by atoms with van der Waals surface area (Å²) in [6.07, 6.45) is 5.99. The zero-order valence-corrected chi connectivity index (χ0v) is 69.2. The van der Waals surface area contributed by atoms with Crippen LogP contribution in [0.3, 0.4) is 0 Å². The molecule has 0 bridgehead atoms. The number of nitrogens with one attached hydrogen (secondary N) is 1. The lowest BCUT2D eigenvalue weighted by molar-refractivity contribution is 0.0490. The summed E-state index contributed by atoms with van der Waals surface area (Å²) in [6, 6.07) is 80.0. The zero-order valence-electron chi connectivity index (χ0n) is 64.3. The summed E-state index contributed by atoms with van der Waals surface area (Å²) in [5.74, 6) is -1.23. The molecule has 0 atom stereocenters. The number of esters is 2. The fourth-order valence-electron chi connectivity index (χ4n) is 8.30. The predicted octanol–water partition coefficient (Wildman–Crippen LogP) is 18.0. The Kier molecular flexibility index (Phi) is 52.2. The van der Waals surface area contributed by atoms with Crippen LogP contribution in [0.4, 0.5) is 56.9 Å². The molecule has 41 heteroatoms. The minimum Gasteiger partial charge on any atom is -0.462 e. The largest absolute Gasteiger partial charge is 0.462 e. The van der Waals surface area contributed by atoms with Crippen LogP contribution in [0.1, 0.15) is 114 Å². The first-order valence-corrected chi connectivity index (χ1v) is 42.4. The topological polar surface area (TPSA) is 536 Å². The molecule has 0 aliphatic carbocycles. The number of ether oxygens (including phenoxy) is 2. The molecule has 120 heavy (non-hydrogen) atoms. The van der Waals surface area contributed by atoms with Crippen molar-refractivity contribution in [2.75, 3.05) is 25.5 Å². The van der Waals surface area contributed by atoms with E-state index in [1.165, 1.54) is 18.2 Å². The van der Waals surface area contributed by atoms with Crippen molar-refractivity contribution in [1.82, 2.24) is 5.32 Å². The third-order valence-corrected chi connectivity index (χ3v) is 15.6. The molecule has 0 unspecified atom stereocenters. The molecular formula is C79H81N11O24S6. The lowest BCUT2D eigenvalue weighted by atomic mass is 10.1. The minimum absolute atomic E-state index is 0.0463. The van der Waals surface area contributed by atoms with Gasteiger partial charge in [-0.15, -0.1) is 50.5 Å². The Balaban J connectivity index is 0.000000486. The van der Waals surface area contributed by atoms with Crippen LogP contribution in [0.15, 0.2) is 329 Å². The maximum absolute atomic E-state index is 11.9. The third kappa shape index (κ3) is 52.9. The highest BCUT2D eigenvalue weighted by Gasteiger charge is 2.13. The van der Waals surface area contributed by atoms with Crippen molar-refractivity contribution in [3.05, 3.63) is 295 Å². The smallest absolute Gasteiger partial charge is 0.425 e. The second-order valence-electron chi connectivity index (χ2n) is 23.1. The summed E-state index contributed by atoms with van der Waals surface area (Å²) in [5, 5.41) is 43.7. The standard InChI is InChI=1S/C17H19N3O.2C17H18N2O2.C16H16N2O4S.C12H10N2O3S.4O3S/c1-2-3-13-18-17(21)14-9-11-16(12-10-14)20-19-15-7-5-4-6-8-15;2*1-2-3-13-21-17(20)14-9-11-16(12-10-14)19-18-15-7-5-4-6-8-15;19-16(7-4-12-23(20,21)22)13-8-10-15(11-9-13)18-17-14-5-2-1-3-6-14;15-18(16,17)12-8-4-7-11(9-12)14-13-10-5-2-1-3-6-10;4*1-4(2)3/h4-12H,2-3,13H2,1H3,(H,18,21);2*4-12H,2-3,13H2,1H3;1-3,5-6,8-11H,4,7,12H2,(H,20,21,22);1-9H,(H,15,16,17);;;;. The number of unbranched alkanes of at least 4 members (excludes halogenated alkanes) is 3. The first-order valence-electron chi connectivity index (χ1n) is 35.3. The van der Waals surface area contributed by atoms with Crippen molar-refractivity contribution in [3.8, 4) is 0 Å². The minimum atomic E-state index is -4.21.